The summed E-state index contributed by atoms with van der Waals surface area (Å²) in [5.41, 5.74) is 1.19. The summed E-state index contributed by atoms with van der Waals surface area (Å²) >= 11 is 5.82. The largest absolute Gasteiger partial charge is 0.494 e. The van der Waals surface area contributed by atoms with Crippen LogP contribution in [0, 0.1) is 6.92 Å². The minimum absolute atomic E-state index is 0.000266. The molecule has 2 aromatic carbocycles. The highest BCUT2D eigenvalue weighted by Crippen LogP contribution is 2.15. The quantitative estimate of drug-likeness (QED) is 0.674. The highest BCUT2D eigenvalue weighted by Gasteiger charge is 2.08. The Hall–Kier alpha value is -2.20. The highest BCUT2D eigenvalue weighted by atomic mass is 35.5. The van der Waals surface area contributed by atoms with Gasteiger partial charge in [0.1, 0.15) is 18.1 Å². The van der Waals surface area contributed by atoms with Crippen LogP contribution in [0.2, 0.25) is 5.02 Å². The van der Waals surface area contributed by atoms with Gasteiger partial charge in [0.25, 0.3) is 0 Å². The number of halogens is 1. The predicted molar refractivity (Wildman–Crippen MR) is 100 cm³/mol. The van der Waals surface area contributed by atoms with Gasteiger partial charge in [0.05, 0.1) is 12.6 Å². The van der Waals surface area contributed by atoms with Crippen molar-refractivity contribution in [3.8, 4) is 11.5 Å². The van der Waals surface area contributed by atoms with E-state index in [1.165, 1.54) is 5.56 Å². The fourth-order valence-corrected chi connectivity index (χ4v) is 2.32. The van der Waals surface area contributed by atoms with E-state index in [4.69, 9.17) is 21.1 Å². The van der Waals surface area contributed by atoms with Crippen LogP contribution < -0.4 is 14.8 Å². The molecule has 25 heavy (non-hydrogen) atoms. The number of amides is 1. The van der Waals surface area contributed by atoms with E-state index in [0.29, 0.717) is 31.1 Å². The molecule has 134 valence electrons. The fraction of sp³-hybridized carbons (Fsp3) is 0.350. The number of benzene rings is 2. The molecule has 5 heteroatoms. The van der Waals surface area contributed by atoms with Crippen molar-refractivity contribution >= 4 is 17.5 Å². The second-order valence-electron chi connectivity index (χ2n) is 6.00. The van der Waals surface area contributed by atoms with E-state index < -0.39 is 0 Å². The zero-order valence-electron chi connectivity index (χ0n) is 14.6. The third-order valence-electron chi connectivity index (χ3n) is 3.56. The summed E-state index contributed by atoms with van der Waals surface area (Å²) in [6, 6.07) is 15.0. The van der Waals surface area contributed by atoms with Gasteiger partial charge in [-0.15, -0.1) is 0 Å². The van der Waals surface area contributed by atoms with Gasteiger partial charge in [-0.25, -0.2) is 0 Å². The zero-order chi connectivity index (χ0) is 18.1. The molecule has 0 saturated carbocycles. The van der Waals surface area contributed by atoms with Gasteiger partial charge < -0.3 is 14.8 Å². The maximum atomic E-state index is 11.9. The predicted octanol–water partition coefficient (Wildman–Crippen LogP) is 4.39. The van der Waals surface area contributed by atoms with Crippen LogP contribution in [0.15, 0.2) is 48.5 Å². The fourth-order valence-electron chi connectivity index (χ4n) is 2.20. The average Bonchev–Trinajstić information content (AvgIpc) is 2.60. The van der Waals surface area contributed by atoms with Crippen LogP contribution in [0.3, 0.4) is 0 Å². The Morgan fingerprint density at radius 2 is 1.64 bits per heavy atom. The zero-order valence-corrected chi connectivity index (χ0v) is 15.4. The van der Waals surface area contributed by atoms with Crippen LogP contribution in [-0.4, -0.2) is 25.2 Å². The molecule has 1 N–H and O–H groups in total. The summed E-state index contributed by atoms with van der Waals surface area (Å²) in [4.78, 5) is 11.9. The Labute approximate surface area is 154 Å². The lowest BCUT2D eigenvalue weighted by Gasteiger charge is -2.15. The molecule has 2 rings (SSSR count). The molecule has 0 heterocycles. The van der Waals surface area contributed by atoms with Gasteiger partial charge in [0.2, 0.25) is 5.91 Å². The average molecular weight is 362 g/mol. The first-order chi connectivity index (χ1) is 12.0. The lowest BCUT2D eigenvalue weighted by molar-refractivity contribution is -0.122. The smallest absolute Gasteiger partial charge is 0.220 e. The molecule has 0 aliphatic rings. The minimum Gasteiger partial charge on any atom is -0.494 e. The van der Waals surface area contributed by atoms with Crippen LogP contribution >= 0.6 is 11.6 Å². The van der Waals surface area contributed by atoms with Gasteiger partial charge in [-0.3, -0.25) is 4.79 Å². The number of carbonyl (C=O) groups is 1. The van der Waals surface area contributed by atoms with E-state index in [1.807, 2.05) is 50.2 Å². The first-order valence-electron chi connectivity index (χ1n) is 8.40. The number of rotatable bonds is 9. The van der Waals surface area contributed by atoms with Crippen molar-refractivity contribution in [3.05, 3.63) is 59.1 Å². The van der Waals surface area contributed by atoms with Crippen molar-refractivity contribution in [1.82, 2.24) is 5.32 Å². The van der Waals surface area contributed by atoms with Gasteiger partial charge in [-0.2, -0.15) is 0 Å². The van der Waals surface area contributed by atoms with Crippen molar-refractivity contribution in [2.75, 3.05) is 13.2 Å². The number of hydrogen-bond acceptors (Lipinski definition) is 3. The van der Waals surface area contributed by atoms with Crippen molar-refractivity contribution in [2.24, 2.45) is 0 Å². The lowest BCUT2D eigenvalue weighted by Crippen LogP contribution is -2.36. The molecule has 0 aliphatic heterocycles. The summed E-state index contributed by atoms with van der Waals surface area (Å²) in [6.07, 6.45) is 1.07. The Kier molecular flexibility index (Phi) is 7.61. The number of nitrogens with one attached hydrogen (secondary N) is 1. The molecule has 0 bridgehead atoms. The molecule has 0 fully saturated rings. The minimum atomic E-state index is -0.0500. The molecule has 0 aliphatic carbocycles. The van der Waals surface area contributed by atoms with Gasteiger partial charge in [0, 0.05) is 11.4 Å². The molecule has 4 nitrogen and oxygen atoms in total. The molecule has 2 aromatic rings. The van der Waals surface area contributed by atoms with Gasteiger partial charge >= 0.3 is 0 Å². The summed E-state index contributed by atoms with van der Waals surface area (Å²) < 4.78 is 11.2. The van der Waals surface area contributed by atoms with E-state index in [-0.39, 0.29) is 11.9 Å². The molecule has 1 amide bonds. The summed E-state index contributed by atoms with van der Waals surface area (Å²) in [7, 11) is 0. The van der Waals surface area contributed by atoms with Crippen LogP contribution in [0.25, 0.3) is 0 Å². The summed E-state index contributed by atoms with van der Waals surface area (Å²) in [5, 5.41) is 3.61. The SMILES string of the molecule is Cc1ccc(OC[C@@H](C)NC(=O)CCCOc2ccc(Cl)cc2)cc1. The van der Waals surface area contributed by atoms with Crippen LogP contribution in [0.4, 0.5) is 0 Å². The van der Waals surface area contributed by atoms with Gasteiger partial charge in [-0.1, -0.05) is 29.3 Å². The lowest BCUT2D eigenvalue weighted by atomic mass is 10.2. The van der Waals surface area contributed by atoms with Crippen molar-refractivity contribution in [3.63, 3.8) is 0 Å². The van der Waals surface area contributed by atoms with Crippen LogP contribution in [0.5, 0.6) is 11.5 Å². The number of aryl methyl sites for hydroxylation is 1. The third-order valence-corrected chi connectivity index (χ3v) is 3.81. The second-order valence-corrected chi connectivity index (χ2v) is 6.43. The Morgan fingerprint density at radius 1 is 1.04 bits per heavy atom. The number of hydrogen-bond donors (Lipinski definition) is 1. The maximum absolute atomic E-state index is 11.9. The van der Waals surface area contributed by atoms with E-state index >= 15 is 0 Å². The molecular weight excluding hydrogens is 338 g/mol. The van der Waals surface area contributed by atoms with Crippen LogP contribution in [-0.2, 0) is 4.79 Å². The second kappa shape index (κ2) is 9.94. The topological polar surface area (TPSA) is 47.6 Å². The highest BCUT2D eigenvalue weighted by molar-refractivity contribution is 6.30. The van der Waals surface area contributed by atoms with Crippen molar-refractivity contribution in [1.29, 1.82) is 0 Å². The third kappa shape index (κ3) is 7.48. The van der Waals surface area contributed by atoms with Gasteiger partial charge in [0.15, 0.2) is 0 Å². The van der Waals surface area contributed by atoms with Gasteiger partial charge in [-0.05, 0) is 56.7 Å². The molecule has 0 radical (unpaired) electrons. The number of ether oxygens (including phenoxy) is 2. The standard InChI is InChI=1S/C20H24ClNO3/c1-15-5-9-19(10-6-15)25-14-16(2)22-20(23)4-3-13-24-18-11-7-17(21)8-12-18/h5-12,16H,3-4,13-14H2,1-2H3,(H,22,23)/t16-/m1/s1. The summed E-state index contributed by atoms with van der Waals surface area (Å²) in [6.45, 7) is 4.89. The maximum Gasteiger partial charge on any atom is 0.220 e. The van der Waals surface area contributed by atoms with Crippen molar-refractivity contribution in [2.45, 2.75) is 32.7 Å². The van der Waals surface area contributed by atoms with E-state index in [9.17, 15) is 4.79 Å². The molecule has 0 saturated heterocycles. The van der Waals surface area contributed by atoms with E-state index in [2.05, 4.69) is 5.32 Å². The molecule has 1 atom stereocenters. The Balaban J connectivity index is 1.59. The Bertz CT molecular complexity index is 656. The van der Waals surface area contributed by atoms with E-state index in [1.54, 1.807) is 12.1 Å². The molecular formula is C20H24ClNO3. The Morgan fingerprint density at radius 3 is 2.32 bits per heavy atom. The molecule has 0 aromatic heterocycles. The monoisotopic (exact) mass is 361 g/mol. The molecule has 0 unspecified atom stereocenters. The first-order valence-corrected chi connectivity index (χ1v) is 8.78. The van der Waals surface area contributed by atoms with Crippen molar-refractivity contribution < 1.29 is 14.3 Å². The molecule has 0 spiro atoms. The normalized spacial score (nSPS) is 11.6. The van der Waals surface area contributed by atoms with Crippen LogP contribution in [0.1, 0.15) is 25.3 Å². The first kappa shape index (κ1) is 19.1. The summed E-state index contributed by atoms with van der Waals surface area (Å²) in [5.74, 6) is 1.56. The van der Waals surface area contributed by atoms with E-state index in [0.717, 1.165) is 11.5 Å². The number of carbonyl (C=O) groups excluding carboxylic acids is 1.